The Morgan fingerprint density at radius 2 is 1.87 bits per heavy atom. The minimum absolute atomic E-state index is 0.0283. The molecule has 0 saturated carbocycles. The molecule has 1 amide bonds. The SMILES string of the molecule is COC[C@H](C)NC(=O)CN(c1ccc(C)c(Cl)c1)S(=O)(=O)c1cc(C)ccc1OC. The number of hydrogen-bond donors (Lipinski definition) is 1. The number of amides is 1. The number of nitrogens with zero attached hydrogens (tertiary/aromatic N) is 1. The number of sulfonamides is 1. The lowest BCUT2D eigenvalue weighted by Gasteiger charge is -2.26. The summed E-state index contributed by atoms with van der Waals surface area (Å²) in [5.74, 6) is -0.275. The molecule has 0 unspecified atom stereocenters. The van der Waals surface area contributed by atoms with Crippen LogP contribution < -0.4 is 14.4 Å². The Kier molecular flexibility index (Phi) is 8.11. The zero-order valence-corrected chi connectivity index (χ0v) is 19.3. The highest BCUT2D eigenvalue weighted by Gasteiger charge is 2.30. The van der Waals surface area contributed by atoms with Crippen molar-refractivity contribution in [1.29, 1.82) is 0 Å². The summed E-state index contributed by atoms with van der Waals surface area (Å²) in [4.78, 5) is 12.6. The van der Waals surface area contributed by atoms with E-state index in [0.717, 1.165) is 15.4 Å². The molecule has 1 atom stereocenters. The maximum atomic E-state index is 13.6. The van der Waals surface area contributed by atoms with Gasteiger partial charge in [-0.25, -0.2) is 8.42 Å². The molecule has 30 heavy (non-hydrogen) atoms. The molecule has 0 aromatic heterocycles. The highest BCUT2D eigenvalue weighted by molar-refractivity contribution is 7.93. The normalized spacial score (nSPS) is 12.3. The van der Waals surface area contributed by atoms with Crippen LogP contribution in [0.3, 0.4) is 0 Å². The van der Waals surface area contributed by atoms with E-state index in [2.05, 4.69) is 5.32 Å². The first-order chi connectivity index (χ1) is 14.1. The van der Waals surface area contributed by atoms with Crippen molar-refractivity contribution in [3.63, 3.8) is 0 Å². The summed E-state index contributed by atoms with van der Waals surface area (Å²) < 4.78 is 38.5. The average molecular weight is 455 g/mol. The van der Waals surface area contributed by atoms with Gasteiger partial charge in [0, 0.05) is 18.2 Å². The molecule has 0 bridgehead atoms. The number of aryl methyl sites for hydroxylation is 2. The minimum atomic E-state index is -4.13. The predicted molar refractivity (Wildman–Crippen MR) is 118 cm³/mol. The van der Waals surface area contributed by atoms with E-state index in [-0.39, 0.29) is 22.4 Å². The van der Waals surface area contributed by atoms with Crippen molar-refractivity contribution in [3.05, 3.63) is 52.5 Å². The first-order valence-electron chi connectivity index (χ1n) is 9.32. The smallest absolute Gasteiger partial charge is 0.268 e. The Bertz CT molecular complexity index is 1010. The maximum absolute atomic E-state index is 13.6. The van der Waals surface area contributed by atoms with Gasteiger partial charge in [0.2, 0.25) is 5.91 Å². The van der Waals surface area contributed by atoms with E-state index in [9.17, 15) is 13.2 Å². The van der Waals surface area contributed by atoms with Crippen LogP contribution in [-0.4, -0.2) is 47.7 Å². The second-order valence-corrected chi connectivity index (χ2v) is 9.26. The summed E-state index contributed by atoms with van der Waals surface area (Å²) in [7, 11) is -1.21. The predicted octanol–water partition coefficient (Wildman–Crippen LogP) is 3.31. The monoisotopic (exact) mass is 454 g/mol. The third kappa shape index (κ3) is 5.65. The summed E-state index contributed by atoms with van der Waals surface area (Å²) in [6.07, 6.45) is 0. The van der Waals surface area contributed by atoms with Gasteiger partial charge in [-0.1, -0.05) is 23.7 Å². The summed E-state index contributed by atoms with van der Waals surface area (Å²) >= 11 is 6.24. The fraction of sp³-hybridized carbons (Fsp3) is 0.381. The van der Waals surface area contributed by atoms with Gasteiger partial charge >= 0.3 is 0 Å². The molecule has 0 radical (unpaired) electrons. The molecule has 0 aliphatic carbocycles. The minimum Gasteiger partial charge on any atom is -0.495 e. The molecule has 0 aliphatic rings. The van der Waals surface area contributed by atoms with Gasteiger partial charge in [0.05, 0.1) is 19.4 Å². The molecule has 2 aromatic carbocycles. The summed E-state index contributed by atoms with van der Waals surface area (Å²) in [6.45, 7) is 5.25. The Balaban J connectivity index is 2.53. The van der Waals surface area contributed by atoms with Gasteiger partial charge in [0.15, 0.2) is 0 Å². The van der Waals surface area contributed by atoms with Crippen molar-refractivity contribution in [2.75, 3.05) is 31.7 Å². The van der Waals surface area contributed by atoms with Crippen molar-refractivity contribution < 1.29 is 22.7 Å². The van der Waals surface area contributed by atoms with E-state index in [0.29, 0.717) is 11.6 Å². The van der Waals surface area contributed by atoms with Gasteiger partial charge in [-0.05, 0) is 56.2 Å². The molecule has 2 aromatic rings. The third-order valence-corrected chi connectivity index (χ3v) is 6.64. The summed E-state index contributed by atoms with van der Waals surface area (Å²) in [5, 5.41) is 3.14. The molecule has 0 heterocycles. The molecule has 164 valence electrons. The number of ether oxygens (including phenoxy) is 2. The Labute approximate surface area is 183 Å². The molecular weight excluding hydrogens is 428 g/mol. The number of anilines is 1. The number of hydrogen-bond acceptors (Lipinski definition) is 5. The quantitative estimate of drug-likeness (QED) is 0.628. The highest BCUT2D eigenvalue weighted by atomic mass is 35.5. The highest BCUT2D eigenvalue weighted by Crippen LogP contribution is 2.32. The zero-order valence-electron chi connectivity index (χ0n) is 17.7. The standard InChI is InChI=1S/C21H27ClN2O5S/c1-14-6-9-19(29-5)20(10-14)30(26,27)24(12-21(25)23-16(3)13-28-4)17-8-7-15(2)18(22)11-17/h6-11,16H,12-13H2,1-5H3,(H,23,25)/t16-/m0/s1. The third-order valence-electron chi connectivity index (χ3n) is 4.44. The van der Waals surface area contributed by atoms with Gasteiger partial charge < -0.3 is 14.8 Å². The maximum Gasteiger partial charge on any atom is 0.268 e. The number of halogens is 1. The van der Waals surface area contributed by atoms with Crippen molar-refractivity contribution in [1.82, 2.24) is 5.32 Å². The van der Waals surface area contributed by atoms with Gasteiger partial charge in [-0.2, -0.15) is 0 Å². The number of methoxy groups -OCH3 is 2. The molecule has 0 fully saturated rings. The van der Waals surface area contributed by atoms with Crippen molar-refractivity contribution in [2.24, 2.45) is 0 Å². The van der Waals surface area contributed by atoms with Crippen LogP contribution in [0.15, 0.2) is 41.3 Å². The van der Waals surface area contributed by atoms with E-state index in [1.807, 2.05) is 6.92 Å². The molecule has 1 N–H and O–H groups in total. The second kappa shape index (κ2) is 10.1. The fourth-order valence-electron chi connectivity index (χ4n) is 2.90. The summed E-state index contributed by atoms with van der Waals surface area (Å²) in [5.41, 5.74) is 1.82. The number of carbonyl (C=O) groups is 1. The van der Waals surface area contributed by atoms with Crippen LogP contribution in [0.2, 0.25) is 5.02 Å². The molecule has 7 nitrogen and oxygen atoms in total. The van der Waals surface area contributed by atoms with Gasteiger partial charge in [0.25, 0.3) is 10.0 Å². The van der Waals surface area contributed by atoms with Crippen LogP contribution in [0.25, 0.3) is 0 Å². The van der Waals surface area contributed by atoms with Crippen molar-refractivity contribution in [2.45, 2.75) is 31.7 Å². The molecule has 0 spiro atoms. The Morgan fingerprint density at radius 3 is 2.47 bits per heavy atom. The first-order valence-corrected chi connectivity index (χ1v) is 11.1. The Morgan fingerprint density at radius 1 is 1.17 bits per heavy atom. The van der Waals surface area contributed by atoms with Gasteiger partial charge in [-0.15, -0.1) is 0 Å². The number of carbonyl (C=O) groups excluding carboxylic acids is 1. The lowest BCUT2D eigenvalue weighted by Crippen LogP contribution is -2.44. The van der Waals surface area contributed by atoms with E-state index in [1.165, 1.54) is 26.4 Å². The summed E-state index contributed by atoms with van der Waals surface area (Å²) in [6, 6.07) is 9.44. The van der Waals surface area contributed by atoms with Gasteiger partial charge in [-0.3, -0.25) is 9.10 Å². The van der Waals surface area contributed by atoms with Crippen molar-refractivity contribution >= 4 is 33.2 Å². The van der Waals surface area contributed by atoms with E-state index in [4.69, 9.17) is 21.1 Å². The van der Waals surface area contributed by atoms with Crippen LogP contribution in [0, 0.1) is 13.8 Å². The topological polar surface area (TPSA) is 84.9 Å². The molecular formula is C21H27ClN2O5S. The average Bonchev–Trinajstić information content (AvgIpc) is 2.68. The first kappa shape index (κ1) is 24.0. The Hall–Kier alpha value is -2.29. The molecule has 0 aliphatic heterocycles. The fourth-order valence-corrected chi connectivity index (χ4v) is 4.73. The lowest BCUT2D eigenvalue weighted by atomic mass is 10.2. The van der Waals surface area contributed by atoms with Crippen LogP contribution in [0.1, 0.15) is 18.1 Å². The molecule has 2 rings (SSSR count). The zero-order chi connectivity index (χ0) is 22.5. The van der Waals surface area contributed by atoms with Crippen molar-refractivity contribution in [3.8, 4) is 5.75 Å². The number of benzene rings is 2. The molecule has 0 saturated heterocycles. The second-order valence-electron chi connectivity index (χ2n) is 7.02. The van der Waals surface area contributed by atoms with Crippen LogP contribution >= 0.6 is 11.6 Å². The van der Waals surface area contributed by atoms with E-state index >= 15 is 0 Å². The van der Waals surface area contributed by atoms with Crippen LogP contribution in [-0.2, 0) is 19.6 Å². The molecule has 9 heteroatoms. The van der Waals surface area contributed by atoms with E-state index < -0.39 is 22.5 Å². The number of nitrogens with one attached hydrogen (secondary N) is 1. The number of rotatable bonds is 9. The lowest BCUT2D eigenvalue weighted by molar-refractivity contribution is -0.120. The largest absolute Gasteiger partial charge is 0.495 e. The van der Waals surface area contributed by atoms with Crippen LogP contribution in [0.4, 0.5) is 5.69 Å². The van der Waals surface area contributed by atoms with Gasteiger partial charge in [0.1, 0.15) is 17.2 Å². The van der Waals surface area contributed by atoms with E-state index in [1.54, 1.807) is 38.1 Å². The van der Waals surface area contributed by atoms with Crippen LogP contribution in [0.5, 0.6) is 5.75 Å².